The number of nitrogens with one attached hydrogen (secondary N) is 2. The smallest absolute Gasteiger partial charge is 0.224 e. The van der Waals surface area contributed by atoms with Gasteiger partial charge in [0.05, 0.1) is 19.2 Å². The van der Waals surface area contributed by atoms with Crippen LogP contribution in [0.15, 0.2) is 65.3 Å². The normalized spacial score (nSPS) is 10.9. The van der Waals surface area contributed by atoms with Gasteiger partial charge in [-0.25, -0.2) is 4.98 Å². The van der Waals surface area contributed by atoms with Gasteiger partial charge in [-0.05, 0) is 28.5 Å². The van der Waals surface area contributed by atoms with Gasteiger partial charge in [0, 0.05) is 0 Å². The summed E-state index contributed by atoms with van der Waals surface area (Å²) in [5, 5.41) is 12.0. The Balaban J connectivity index is 1.41. The van der Waals surface area contributed by atoms with Crippen LogP contribution >= 0.6 is 0 Å². The van der Waals surface area contributed by atoms with E-state index < -0.39 is 0 Å². The Morgan fingerprint density at radius 1 is 1.08 bits per heavy atom. The van der Waals surface area contributed by atoms with E-state index in [-0.39, 0.29) is 12.5 Å². The Morgan fingerprint density at radius 2 is 1.96 bits per heavy atom. The average molecular weight is 332 g/mol. The second-order valence-electron chi connectivity index (χ2n) is 5.67. The molecule has 25 heavy (non-hydrogen) atoms. The number of amides is 1. The van der Waals surface area contributed by atoms with E-state index in [4.69, 9.17) is 4.42 Å². The Morgan fingerprint density at radius 3 is 2.84 bits per heavy atom. The highest BCUT2D eigenvalue weighted by molar-refractivity contribution is 5.90. The second kappa shape index (κ2) is 6.60. The van der Waals surface area contributed by atoms with Crippen LogP contribution in [0.2, 0.25) is 0 Å². The molecule has 0 atom stereocenters. The summed E-state index contributed by atoms with van der Waals surface area (Å²) in [5.74, 6) is 1.58. The zero-order valence-electron chi connectivity index (χ0n) is 13.4. The lowest BCUT2D eigenvalue weighted by Gasteiger charge is -2.07. The maximum Gasteiger partial charge on any atom is 0.224 e. The summed E-state index contributed by atoms with van der Waals surface area (Å²) < 4.78 is 5.25. The van der Waals surface area contributed by atoms with E-state index in [1.165, 1.54) is 0 Å². The lowest BCUT2D eigenvalue weighted by atomic mass is 10.0. The first kappa shape index (κ1) is 15.1. The van der Waals surface area contributed by atoms with Crippen molar-refractivity contribution in [1.82, 2.24) is 20.5 Å². The number of nitrogens with zero attached hydrogens (tertiary/aromatic N) is 2. The number of hydrogen-bond donors (Lipinski definition) is 2. The number of fused-ring (bicyclic) bond motifs is 1. The van der Waals surface area contributed by atoms with Gasteiger partial charge in [0.2, 0.25) is 11.7 Å². The first-order valence-electron chi connectivity index (χ1n) is 7.98. The molecule has 2 N–H and O–H groups in total. The summed E-state index contributed by atoms with van der Waals surface area (Å²) in [5.41, 5.74) is 1.00. The number of benzene rings is 2. The van der Waals surface area contributed by atoms with E-state index in [0.29, 0.717) is 23.8 Å². The molecule has 6 nitrogen and oxygen atoms in total. The van der Waals surface area contributed by atoms with Crippen molar-refractivity contribution in [2.45, 2.75) is 13.0 Å². The molecule has 1 amide bonds. The third-order valence-corrected chi connectivity index (χ3v) is 3.96. The third kappa shape index (κ3) is 3.28. The highest BCUT2D eigenvalue weighted by atomic mass is 16.3. The van der Waals surface area contributed by atoms with Gasteiger partial charge in [-0.2, -0.15) is 0 Å². The molecule has 0 aliphatic heterocycles. The molecular weight excluding hydrogens is 316 g/mol. The molecule has 4 aromatic rings. The molecule has 0 aliphatic carbocycles. The standard InChI is InChI=1S/C19H16N4O2/c24-18(11-14-7-3-6-13-5-1-2-8-15(13)14)20-12-17-21-19(23-22-17)16-9-4-10-25-16/h1-10H,11-12H2,(H,20,24)(H,21,22,23). The van der Waals surface area contributed by atoms with Crippen LogP contribution in [0.5, 0.6) is 0 Å². The number of carbonyl (C=O) groups excluding carboxylic acids is 1. The van der Waals surface area contributed by atoms with Gasteiger partial charge in [0.1, 0.15) is 5.82 Å². The van der Waals surface area contributed by atoms with Crippen LogP contribution in [0.1, 0.15) is 11.4 Å². The van der Waals surface area contributed by atoms with Crippen molar-refractivity contribution in [3.63, 3.8) is 0 Å². The lowest BCUT2D eigenvalue weighted by Crippen LogP contribution is -2.25. The van der Waals surface area contributed by atoms with Gasteiger partial charge in [-0.1, -0.05) is 42.5 Å². The van der Waals surface area contributed by atoms with Crippen LogP contribution < -0.4 is 5.32 Å². The monoisotopic (exact) mass is 332 g/mol. The first-order chi connectivity index (χ1) is 12.3. The van der Waals surface area contributed by atoms with Crippen LogP contribution in [0.3, 0.4) is 0 Å². The maximum atomic E-state index is 12.3. The van der Waals surface area contributed by atoms with Gasteiger partial charge in [0.15, 0.2) is 5.76 Å². The molecule has 0 fully saturated rings. The maximum absolute atomic E-state index is 12.3. The molecular formula is C19H16N4O2. The number of H-pyrrole nitrogens is 1. The highest BCUT2D eigenvalue weighted by Crippen LogP contribution is 2.19. The van der Waals surface area contributed by atoms with E-state index in [1.807, 2.05) is 42.5 Å². The van der Waals surface area contributed by atoms with Crippen molar-refractivity contribution in [1.29, 1.82) is 0 Å². The lowest BCUT2D eigenvalue weighted by molar-refractivity contribution is -0.120. The predicted octanol–water partition coefficient (Wildman–Crippen LogP) is 3.08. The topological polar surface area (TPSA) is 83.8 Å². The SMILES string of the molecule is O=C(Cc1cccc2ccccc12)NCc1nc(-c2ccco2)n[nH]1. The van der Waals surface area contributed by atoms with Crippen molar-refractivity contribution in [3.8, 4) is 11.6 Å². The number of carbonyl (C=O) groups is 1. The van der Waals surface area contributed by atoms with Crippen LogP contribution in [-0.2, 0) is 17.8 Å². The van der Waals surface area contributed by atoms with E-state index in [9.17, 15) is 4.79 Å². The minimum atomic E-state index is -0.0627. The Kier molecular flexibility index (Phi) is 4.00. The Labute approximate surface area is 143 Å². The molecule has 4 rings (SSSR count). The van der Waals surface area contributed by atoms with Gasteiger partial charge in [-0.3, -0.25) is 9.89 Å². The van der Waals surface area contributed by atoms with Crippen molar-refractivity contribution < 1.29 is 9.21 Å². The fourth-order valence-corrected chi connectivity index (χ4v) is 2.75. The van der Waals surface area contributed by atoms with Crippen molar-refractivity contribution in [2.24, 2.45) is 0 Å². The summed E-state index contributed by atoms with van der Waals surface area (Å²) in [6.45, 7) is 0.289. The first-order valence-corrected chi connectivity index (χ1v) is 7.98. The third-order valence-electron chi connectivity index (χ3n) is 3.96. The van der Waals surface area contributed by atoms with Gasteiger partial charge in [-0.15, -0.1) is 5.10 Å². The van der Waals surface area contributed by atoms with Crippen LogP contribution in [0, 0.1) is 0 Å². The highest BCUT2D eigenvalue weighted by Gasteiger charge is 2.10. The molecule has 0 bridgehead atoms. The molecule has 2 heterocycles. The number of hydrogen-bond acceptors (Lipinski definition) is 4. The number of aromatic nitrogens is 3. The predicted molar refractivity (Wildman–Crippen MR) is 93.6 cm³/mol. The summed E-state index contributed by atoms with van der Waals surface area (Å²) >= 11 is 0. The number of aromatic amines is 1. The molecule has 0 radical (unpaired) electrons. The average Bonchev–Trinajstić information content (AvgIpc) is 3.32. The molecule has 2 aromatic heterocycles. The zero-order chi connectivity index (χ0) is 17.1. The van der Waals surface area contributed by atoms with Crippen molar-refractivity contribution in [3.05, 3.63) is 72.2 Å². The summed E-state index contributed by atoms with van der Waals surface area (Å²) in [7, 11) is 0. The Hall–Kier alpha value is -3.41. The van der Waals surface area contributed by atoms with Gasteiger partial charge >= 0.3 is 0 Å². The van der Waals surface area contributed by atoms with E-state index in [1.54, 1.807) is 18.4 Å². The molecule has 0 aliphatic rings. The number of furan rings is 1. The zero-order valence-corrected chi connectivity index (χ0v) is 13.4. The van der Waals surface area contributed by atoms with Gasteiger partial charge in [0.25, 0.3) is 0 Å². The number of rotatable bonds is 5. The van der Waals surface area contributed by atoms with Crippen molar-refractivity contribution in [2.75, 3.05) is 0 Å². The molecule has 2 aromatic carbocycles. The molecule has 0 spiro atoms. The fourth-order valence-electron chi connectivity index (χ4n) is 2.75. The molecule has 0 saturated carbocycles. The molecule has 0 unspecified atom stereocenters. The Bertz CT molecular complexity index is 1000. The molecule has 124 valence electrons. The largest absolute Gasteiger partial charge is 0.461 e. The molecule has 0 saturated heterocycles. The van der Waals surface area contributed by atoms with Crippen molar-refractivity contribution >= 4 is 16.7 Å². The molecule has 6 heteroatoms. The van der Waals surface area contributed by atoms with Crippen LogP contribution in [0.25, 0.3) is 22.4 Å². The quantitative estimate of drug-likeness (QED) is 0.588. The summed E-state index contributed by atoms with van der Waals surface area (Å²) in [4.78, 5) is 16.6. The van der Waals surface area contributed by atoms with E-state index in [2.05, 4.69) is 20.5 Å². The minimum Gasteiger partial charge on any atom is -0.461 e. The van der Waals surface area contributed by atoms with Crippen LogP contribution in [-0.4, -0.2) is 21.1 Å². The van der Waals surface area contributed by atoms with E-state index in [0.717, 1.165) is 16.3 Å². The van der Waals surface area contributed by atoms with Crippen LogP contribution in [0.4, 0.5) is 0 Å². The van der Waals surface area contributed by atoms with Gasteiger partial charge < -0.3 is 9.73 Å². The minimum absolute atomic E-state index is 0.0627. The fraction of sp³-hybridized carbons (Fsp3) is 0.105. The van der Waals surface area contributed by atoms with E-state index >= 15 is 0 Å². The second-order valence-corrected chi connectivity index (χ2v) is 5.67. The summed E-state index contributed by atoms with van der Waals surface area (Å²) in [6, 6.07) is 17.6. The summed E-state index contributed by atoms with van der Waals surface area (Å²) in [6.07, 6.45) is 1.89.